The zero-order chi connectivity index (χ0) is 84.4. The summed E-state index contributed by atoms with van der Waals surface area (Å²) in [5.41, 5.74) is 7.06. The number of hydrogen-bond donors (Lipinski definition) is 3. The van der Waals surface area contributed by atoms with Crippen LogP contribution in [-0.2, 0) is 52.5 Å². The first-order valence-electron chi connectivity index (χ1n) is 48.5. The number of cyclic esters (lactones) is 2. The highest BCUT2D eigenvalue weighted by Crippen LogP contribution is 2.71. The molecule has 0 radical (unpaired) electrons. The maximum Gasteiger partial charge on any atom is 0.314 e. The molecule has 116 heavy (non-hydrogen) atoms. The second-order valence-electron chi connectivity index (χ2n) is 43.5. The van der Waals surface area contributed by atoms with Gasteiger partial charge in [-0.1, -0.05) is 198 Å². The van der Waals surface area contributed by atoms with Crippen molar-refractivity contribution >= 4 is 35.8 Å². The van der Waals surface area contributed by atoms with Gasteiger partial charge in [0.2, 0.25) is 0 Å². The third kappa shape index (κ3) is 21.3. The van der Waals surface area contributed by atoms with Gasteiger partial charge in [-0.05, 0) is 317 Å². The second kappa shape index (κ2) is 41.1. The molecule has 13 aliphatic rings. The van der Waals surface area contributed by atoms with E-state index in [-0.39, 0.29) is 99.6 Å². The number of aliphatic hydroxyl groups excluding tert-OH is 2. The summed E-state index contributed by atoms with van der Waals surface area (Å²) < 4.78 is 25.5. The van der Waals surface area contributed by atoms with Gasteiger partial charge in [0, 0.05) is 12.8 Å². The number of aliphatic carboxylic acids is 1. The molecule has 9 saturated carbocycles. The summed E-state index contributed by atoms with van der Waals surface area (Å²) in [6.07, 6.45) is 49.7. The van der Waals surface area contributed by atoms with Crippen LogP contribution in [-0.4, -0.2) is 89.5 Å². The smallest absolute Gasteiger partial charge is 0.314 e. The minimum Gasteiger partial charge on any atom is -0.481 e. The first-order chi connectivity index (χ1) is 55.0. The van der Waals surface area contributed by atoms with Crippen LogP contribution in [0.25, 0.3) is 0 Å². The lowest BCUT2D eigenvalue weighted by molar-refractivity contribution is -0.161. The number of rotatable bonds is 30. The minimum atomic E-state index is -0.942. The Balaban J connectivity index is 0.000000178. The number of esters is 5. The molecule has 3 N–H and O–H groups in total. The number of aliphatic hydroxyl groups is 2. The molecular formula is C102H168O14. The van der Waals surface area contributed by atoms with Gasteiger partial charge >= 0.3 is 35.8 Å². The van der Waals surface area contributed by atoms with E-state index in [4.69, 9.17) is 29.2 Å². The Bertz CT molecular complexity index is 3330. The van der Waals surface area contributed by atoms with Crippen LogP contribution < -0.4 is 0 Å². The standard InChI is InChI=1S/C36H60O6.C33H54O4.C29H50O.C4H4O3/c1-7-26(24(2)3)9-8-25(4)30-12-13-31-29-11-10-27-22-28(16-18-35(27,5)32(29)17-19-36(30,31)6)42-34(39)15-14-33(38)41-23-40-21-20-37;1-7-23(21(2)3)9-8-22(4)27-12-13-28-26-11-10-24-20-25(37-31(36)15-14-30(34)35)16-18-32(24,5)29(26)17-19-33(27,28)6;1-7-21(19(2)3)9-8-20(4)25-12-13-26-24-11-10-22-18-23(30)14-16-28(22,5)27(24)15-17-29(25,26)6;5-3-1-2-4(6)7-3/h10,24-26,28-32,37H,7-9,11-23H2,1-6H3;10,21-23,25-29H,7-9,11-20H2,1-6H3,(H,34,35);10,19-21,23-27,30H,7-9,11-18H2,1-6H3;1-2H2. The topological polar surface area (TPSA) is 209 Å². The summed E-state index contributed by atoms with van der Waals surface area (Å²) in [5, 5.41) is 27.8. The van der Waals surface area contributed by atoms with Crippen molar-refractivity contribution in [1.29, 1.82) is 0 Å². The summed E-state index contributed by atoms with van der Waals surface area (Å²) in [4.78, 5) is 67.3. The summed E-state index contributed by atoms with van der Waals surface area (Å²) in [7, 11) is 0. The average molecular weight is 1620 g/mol. The molecule has 10 fully saturated rings. The van der Waals surface area contributed by atoms with E-state index in [9.17, 15) is 33.9 Å². The van der Waals surface area contributed by atoms with Crippen LogP contribution in [0.2, 0.25) is 0 Å². The third-order valence-corrected chi connectivity index (χ3v) is 36.8. The molecule has 660 valence electrons. The molecule has 14 nitrogen and oxygen atoms in total. The zero-order valence-electron chi connectivity index (χ0n) is 76.6. The number of hydrogen-bond acceptors (Lipinski definition) is 13. The highest BCUT2D eigenvalue weighted by molar-refractivity contribution is 5.92. The molecule has 14 heteroatoms. The van der Waals surface area contributed by atoms with Gasteiger partial charge in [0.05, 0.1) is 57.8 Å². The van der Waals surface area contributed by atoms with Crippen molar-refractivity contribution in [1.82, 2.24) is 0 Å². The molecule has 0 aromatic heterocycles. The molecule has 0 bridgehead atoms. The van der Waals surface area contributed by atoms with Crippen molar-refractivity contribution in [3.8, 4) is 0 Å². The van der Waals surface area contributed by atoms with Gasteiger partial charge in [-0.25, -0.2) is 0 Å². The van der Waals surface area contributed by atoms with E-state index >= 15 is 0 Å². The quantitative estimate of drug-likeness (QED) is 0.0153. The molecule has 0 aromatic carbocycles. The van der Waals surface area contributed by atoms with Gasteiger partial charge < -0.3 is 39.0 Å². The Morgan fingerprint density at radius 3 is 1.11 bits per heavy atom. The van der Waals surface area contributed by atoms with Gasteiger partial charge in [-0.2, -0.15) is 0 Å². The molecule has 1 aliphatic heterocycles. The molecule has 13 rings (SSSR count). The van der Waals surface area contributed by atoms with Crippen LogP contribution in [0.5, 0.6) is 0 Å². The van der Waals surface area contributed by atoms with Gasteiger partial charge in [-0.3, -0.25) is 28.8 Å². The van der Waals surface area contributed by atoms with Crippen LogP contribution in [0.1, 0.15) is 375 Å². The number of carboxylic acids is 1. The van der Waals surface area contributed by atoms with Crippen molar-refractivity contribution in [3.63, 3.8) is 0 Å². The molecule has 0 aromatic rings. The highest BCUT2D eigenvalue weighted by Gasteiger charge is 2.63. The van der Waals surface area contributed by atoms with Gasteiger partial charge in [0.1, 0.15) is 12.2 Å². The van der Waals surface area contributed by atoms with Crippen molar-refractivity contribution in [2.24, 2.45) is 157 Å². The maximum atomic E-state index is 12.5. The van der Waals surface area contributed by atoms with Crippen molar-refractivity contribution in [2.45, 2.75) is 393 Å². The van der Waals surface area contributed by atoms with Gasteiger partial charge in [-0.15, -0.1) is 0 Å². The van der Waals surface area contributed by atoms with E-state index in [1.54, 1.807) is 5.57 Å². The summed E-state index contributed by atoms with van der Waals surface area (Å²) in [6.45, 7) is 44.7. The molecule has 12 aliphatic carbocycles. The number of allylic oxidation sites excluding steroid dienone is 3. The van der Waals surface area contributed by atoms with Crippen LogP contribution in [0.4, 0.5) is 0 Å². The predicted octanol–water partition coefficient (Wildman–Crippen LogP) is 24.2. The summed E-state index contributed by atoms with van der Waals surface area (Å²) in [6, 6.07) is 0. The first-order valence-corrected chi connectivity index (χ1v) is 48.5. The fraction of sp³-hybridized carbons (Fsp3) is 0.882. The molecule has 0 spiro atoms. The van der Waals surface area contributed by atoms with Gasteiger partial charge in [0.25, 0.3) is 0 Å². The Hall–Kier alpha value is -3.88. The van der Waals surface area contributed by atoms with E-state index in [0.29, 0.717) is 21.7 Å². The maximum absolute atomic E-state index is 12.5. The zero-order valence-corrected chi connectivity index (χ0v) is 76.6. The first kappa shape index (κ1) is 94.4. The molecule has 27 unspecified atom stereocenters. The van der Waals surface area contributed by atoms with E-state index in [0.717, 1.165) is 176 Å². The van der Waals surface area contributed by atoms with Crippen LogP contribution in [0.3, 0.4) is 0 Å². The lowest BCUT2D eigenvalue weighted by Crippen LogP contribution is -2.51. The fourth-order valence-electron chi connectivity index (χ4n) is 29.7. The SMILES string of the molecule is CCC(CCC(C)C1CCC2C3CC=C4CC(O)CCC4(C)C3CCC12C)C(C)C.CCC(CCC(C)C1CCC2C3CC=C4CC(OC(=O)CCC(=O)O)CCC4(C)C3CCC12C)C(C)C.CCC(CCC(C)C1CCC2C3CC=C4CC(OC(=O)CCC(=O)OCOCCO)CCC4(C)C3CCC12C)C(C)C.O=C1CCC(=O)O1. The van der Waals surface area contributed by atoms with Crippen molar-refractivity contribution < 1.29 is 67.8 Å². The number of carbonyl (C=O) groups is 6. The Labute approximate surface area is 704 Å². The molecular weight excluding hydrogens is 1450 g/mol. The molecule has 27 atom stereocenters. The number of ether oxygens (including phenoxy) is 5. The molecule has 1 heterocycles. The Kier molecular flexibility index (Phi) is 33.4. The van der Waals surface area contributed by atoms with E-state index in [1.807, 2.05) is 0 Å². The highest BCUT2D eigenvalue weighted by atomic mass is 16.7. The number of carbonyl (C=O) groups excluding carboxylic acids is 5. The lowest BCUT2D eigenvalue weighted by atomic mass is 9.47. The summed E-state index contributed by atoms with van der Waals surface area (Å²) >= 11 is 0. The average Bonchev–Trinajstić information content (AvgIpc) is 1.43. The normalized spacial score (nSPS) is 38.1. The third-order valence-electron chi connectivity index (χ3n) is 36.8. The summed E-state index contributed by atoms with van der Waals surface area (Å²) in [5.74, 6) is 14.9. The monoisotopic (exact) mass is 1620 g/mol. The van der Waals surface area contributed by atoms with Crippen LogP contribution in [0.15, 0.2) is 34.9 Å². The Morgan fingerprint density at radius 1 is 0.440 bits per heavy atom. The van der Waals surface area contributed by atoms with Crippen LogP contribution >= 0.6 is 0 Å². The van der Waals surface area contributed by atoms with E-state index < -0.39 is 23.9 Å². The lowest BCUT2D eigenvalue weighted by Gasteiger charge is -2.58. The molecule has 0 amide bonds. The van der Waals surface area contributed by atoms with Crippen molar-refractivity contribution in [2.75, 3.05) is 20.0 Å². The van der Waals surface area contributed by atoms with Gasteiger partial charge in [0.15, 0.2) is 6.79 Å². The molecule has 1 saturated heterocycles. The number of carboxylic acid groups (broad SMARTS) is 1. The fourth-order valence-corrected chi connectivity index (χ4v) is 29.7. The minimum absolute atomic E-state index is 0.0190. The predicted molar refractivity (Wildman–Crippen MR) is 463 cm³/mol. The number of fused-ring (bicyclic) bond motifs is 15. The van der Waals surface area contributed by atoms with Crippen molar-refractivity contribution in [3.05, 3.63) is 34.9 Å². The van der Waals surface area contributed by atoms with E-state index in [1.165, 1.54) is 172 Å². The Morgan fingerprint density at radius 2 is 0.784 bits per heavy atom. The van der Waals surface area contributed by atoms with E-state index in [2.05, 4.69) is 148 Å². The second-order valence-corrected chi connectivity index (χ2v) is 43.5. The largest absolute Gasteiger partial charge is 0.481 e. The van der Waals surface area contributed by atoms with Crippen LogP contribution in [0, 0.1) is 157 Å².